The van der Waals surface area contributed by atoms with E-state index < -0.39 is 6.10 Å². The van der Waals surface area contributed by atoms with Crippen LogP contribution in [0.25, 0.3) is 0 Å². The van der Waals surface area contributed by atoms with Crippen molar-refractivity contribution in [1.82, 2.24) is 0 Å². The maximum Gasteiger partial charge on any atom is 0.174 e. The minimum atomic E-state index is -0.793. The van der Waals surface area contributed by atoms with Crippen LogP contribution in [0.5, 0.6) is 11.5 Å². The fourth-order valence-electron chi connectivity index (χ4n) is 2.75. The molecule has 0 bridgehead atoms. The lowest BCUT2D eigenvalue weighted by atomic mass is 10.2. The van der Waals surface area contributed by atoms with Gasteiger partial charge in [0.15, 0.2) is 17.6 Å². The number of quaternary nitrogens is 1. The minimum Gasteiger partial charge on any atom is -0.845 e. The van der Waals surface area contributed by atoms with E-state index in [1.54, 1.807) is 0 Å². The summed E-state index contributed by atoms with van der Waals surface area (Å²) in [6.45, 7) is 6.01. The third kappa shape index (κ3) is 4.59. The summed E-state index contributed by atoms with van der Waals surface area (Å²) in [5.41, 5.74) is 0.662. The van der Waals surface area contributed by atoms with Crippen molar-refractivity contribution in [3.8, 4) is 11.5 Å². The monoisotopic (exact) mass is 336 g/mol. The van der Waals surface area contributed by atoms with Crippen LogP contribution in [-0.2, 0) is 9.57 Å². The van der Waals surface area contributed by atoms with Crippen molar-refractivity contribution in [1.29, 1.82) is 0 Å². The van der Waals surface area contributed by atoms with Crippen molar-refractivity contribution in [3.63, 3.8) is 0 Å². The lowest BCUT2D eigenvalue weighted by molar-refractivity contribution is -0.917. The molecule has 2 aliphatic heterocycles. The molecular formula is C17H24N2O5. The summed E-state index contributed by atoms with van der Waals surface area (Å²) in [7, 11) is 0. The molecule has 132 valence electrons. The number of ether oxygens (including phenoxy) is 3. The highest BCUT2D eigenvalue weighted by molar-refractivity contribution is 5.86. The van der Waals surface area contributed by atoms with Crippen LogP contribution < -0.4 is 19.5 Å². The fraction of sp³-hybridized carbons (Fsp3) is 0.588. The number of nitrogens with zero attached hydrogens (tertiary/aromatic N) is 1. The van der Waals surface area contributed by atoms with E-state index in [1.807, 2.05) is 31.2 Å². The number of nitrogens with one attached hydrogen (secondary N) is 1. The van der Waals surface area contributed by atoms with Crippen molar-refractivity contribution in [2.24, 2.45) is 5.16 Å². The third-order valence-corrected chi connectivity index (χ3v) is 4.16. The van der Waals surface area contributed by atoms with E-state index >= 15 is 0 Å². The van der Waals surface area contributed by atoms with Crippen molar-refractivity contribution < 1.29 is 29.1 Å². The predicted octanol–water partition coefficient (Wildman–Crippen LogP) is -1.14. The number of rotatable bonds is 6. The van der Waals surface area contributed by atoms with Gasteiger partial charge in [0.05, 0.1) is 25.5 Å². The van der Waals surface area contributed by atoms with Crippen molar-refractivity contribution in [2.75, 3.05) is 46.1 Å². The summed E-state index contributed by atoms with van der Waals surface area (Å²) in [4.78, 5) is 6.50. The Bertz CT molecular complexity index is 560. The molecule has 7 nitrogen and oxygen atoms in total. The quantitative estimate of drug-likeness (QED) is 0.525. The second-order valence-corrected chi connectivity index (χ2v) is 6.08. The zero-order valence-corrected chi connectivity index (χ0v) is 13.9. The SMILES string of the molecule is CC(=NOCC([O-])C[NH+]1CCOCC1)C1COc2ccccc2O1. The molecule has 0 aromatic heterocycles. The van der Waals surface area contributed by atoms with Gasteiger partial charge in [0.2, 0.25) is 0 Å². The van der Waals surface area contributed by atoms with Gasteiger partial charge in [-0.05, 0) is 25.2 Å². The van der Waals surface area contributed by atoms with Crippen LogP contribution in [0.2, 0.25) is 0 Å². The maximum atomic E-state index is 12.0. The van der Waals surface area contributed by atoms with Crippen LogP contribution in [0.4, 0.5) is 0 Å². The van der Waals surface area contributed by atoms with Crippen molar-refractivity contribution >= 4 is 5.71 Å². The molecule has 2 atom stereocenters. The van der Waals surface area contributed by atoms with Crippen LogP contribution in [0.1, 0.15) is 6.92 Å². The molecule has 0 aliphatic carbocycles. The normalized spacial score (nSPS) is 22.9. The van der Waals surface area contributed by atoms with E-state index in [0.29, 0.717) is 24.6 Å². The van der Waals surface area contributed by atoms with Gasteiger partial charge < -0.3 is 29.1 Å². The molecule has 0 amide bonds. The summed E-state index contributed by atoms with van der Waals surface area (Å²) < 4.78 is 16.8. The molecular weight excluding hydrogens is 312 g/mol. The first-order chi connectivity index (χ1) is 11.7. The van der Waals surface area contributed by atoms with Crippen LogP contribution in [0.3, 0.4) is 0 Å². The van der Waals surface area contributed by atoms with E-state index in [4.69, 9.17) is 19.0 Å². The molecule has 3 rings (SSSR count). The molecule has 24 heavy (non-hydrogen) atoms. The molecule has 1 N–H and O–H groups in total. The molecule has 2 heterocycles. The molecule has 1 aromatic carbocycles. The minimum absolute atomic E-state index is 0.0614. The highest BCUT2D eigenvalue weighted by atomic mass is 16.6. The number of para-hydroxylation sites is 2. The summed E-state index contributed by atoms with van der Waals surface area (Å²) in [5, 5.41) is 16.0. The van der Waals surface area contributed by atoms with Crippen LogP contribution in [0.15, 0.2) is 29.4 Å². The first-order valence-electron chi connectivity index (χ1n) is 8.34. The van der Waals surface area contributed by atoms with E-state index in [-0.39, 0.29) is 12.7 Å². The molecule has 7 heteroatoms. The van der Waals surface area contributed by atoms with E-state index in [2.05, 4.69) is 5.16 Å². The van der Waals surface area contributed by atoms with Gasteiger partial charge in [0.25, 0.3) is 0 Å². The topological polar surface area (TPSA) is 76.8 Å². The fourth-order valence-corrected chi connectivity index (χ4v) is 2.75. The average Bonchev–Trinajstić information content (AvgIpc) is 2.62. The summed E-state index contributed by atoms with van der Waals surface area (Å²) in [6.07, 6.45) is -1.09. The summed E-state index contributed by atoms with van der Waals surface area (Å²) >= 11 is 0. The number of oxime groups is 1. The zero-order valence-electron chi connectivity index (χ0n) is 13.9. The molecule has 0 radical (unpaired) electrons. The smallest absolute Gasteiger partial charge is 0.174 e. The highest BCUT2D eigenvalue weighted by Gasteiger charge is 2.23. The number of hydrogen-bond acceptors (Lipinski definition) is 6. The summed E-state index contributed by atoms with van der Waals surface area (Å²) in [6, 6.07) is 7.51. The van der Waals surface area contributed by atoms with Crippen LogP contribution in [-0.4, -0.2) is 64.0 Å². The standard InChI is InChI=1S/C17H23N2O5/c1-13(17-12-22-15-4-2-3-5-16(15)24-17)18-23-11-14(20)10-19-6-8-21-9-7-19/h2-5,14,17H,6-12H2,1H3/q-1/p+1. The number of hydrogen-bond donors (Lipinski definition) is 1. The molecule has 2 aliphatic rings. The van der Waals surface area contributed by atoms with Gasteiger partial charge in [-0.15, -0.1) is 0 Å². The molecule has 0 spiro atoms. The Morgan fingerprint density at radius 1 is 1.33 bits per heavy atom. The van der Waals surface area contributed by atoms with E-state index in [0.717, 1.165) is 32.1 Å². The first kappa shape index (κ1) is 17.0. The van der Waals surface area contributed by atoms with Gasteiger partial charge in [0.1, 0.15) is 26.3 Å². The van der Waals surface area contributed by atoms with Crippen molar-refractivity contribution in [2.45, 2.75) is 19.1 Å². The zero-order chi connectivity index (χ0) is 16.8. The second-order valence-electron chi connectivity index (χ2n) is 6.08. The lowest BCUT2D eigenvalue weighted by Crippen LogP contribution is -3.15. The van der Waals surface area contributed by atoms with Crippen molar-refractivity contribution in [3.05, 3.63) is 24.3 Å². The highest BCUT2D eigenvalue weighted by Crippen LogP contribution is 2.31. The first-order valence-corrected chi connectivity index (χ1v) is 8.34. The second kappa shape index (κ2) is 8.32. The molecule has 1 aromatic rings. The predicted molar refractivity (Wildman–Crippen MR) is 85.6 cm³/mol. The average molecular weight is 336 g/mol. The number of morpholine rings is 1. The lowest BCUT2D eigenvalue weighted by Gasteiger charge is -2.30. The van der Waals surface area contributed by atoms with E-state index in [9.17, 15) is 5.11 Å². The largest absolute Gasteiger partial charge is 0.845 e. The van der Waals surface area contributed by atoms with Gasteiger partial charge in [0, 0.05) is 0 Å². The Labute approximate surface area is 141 Å². The number of fused-ring (bicyclic) bond motifs is 1. The molecule has 2 unspecified atom stereocenters. The van der Waals surface area contributed by atoms with Gasteiger partial charge in [-0.1, -0.05) is 17.3 Å². The Kier molecular flexibility index (Phi) is 5.90. The van der Waals surface area contributed by atoms with Gasteiger partial charge in [-0.3, -0.25) is 0 Å². The summed E-state index contributed by atoms with van der Waals surface area (Å²) in [5.74, 6) is 1.43. The number of benzene rings is 1. The Balaban J connectivity index is 1.43. The molecule has 0 saturated carbocycles. The van der Waals surface area contributed by atoms with Gasteiger partial charge in [-0.2, -0.15) is 0 Å². The third-order valence-electron chi connectivity index (χ3n) is 4.16. The Hall–Kier alpha value is -1.83. The van der Waals surface area contributed by atoms with Gasteiger partial charge in [-0.25, -0.2) is 0 Å². The van der Waals surface area contributed by atoms with Gasteiger partial charge >= 0.3 is 0 Å². The van der Waals surface area contributed by atoms with Crippen LogP contribution >= 0.6 is 0 Å². The van der Waals surface area contributed by atoms with E-state index in [1.165, 1.54) is 4.90 Å². The maximum absolute atomic E-state index is 12.0. The Morgan fingerprint density at radius 2 is 2.08 bits per heavy atom. The Morgan fingerprint density at radius 3 is 2.88 bits per heavy atom. The van der Waals surface area contributed by atoms with Crippen LogP contribution in [0, 0.1) is 0 Å². The molecule has 1 fully saturated rings. The molecule has 1 saturated heterocycles.